The number of imidazole rings is 1. The second-order valence-corrected chi connectivity index (χ2v) is 12.3. The molecule has 14 heteroatoms. The van der Waals surface area contributed by atoms with E-state index in [0.29, 0.717) is 23.5 Å². The molecule has 0 aromatic carbocycles. The Bertz CT molecular complexity index is 1080. The van der Waals surface area contributed by atoms with E-state index in [0.717, 1.165) is 18.2 Å². The molecular formula is C22H37N6O6PS. The summed E-state index contributed by atoms with van der Waals surface area (Å²) in [4.78, 5) is 37.0. The maximum absolute atomic E-state index is 13.7. The lowest BCUT2D eigenvalue weighted by atomic mass is 10.1. The Morgan fingerprint density at radius 3 is 2.64 bits per heavy atom. The first-order valence-corrected chi connectivity index (χ1v) is 14.6. The highest BCUT2D eigenvalue weighted by Crippen LogP contribution is 2.45. The number of aromatic nitrogens is 4. The van der Waals surface area contributed by atoms with E-state index < -0.39 is 25.1 Å². The second kappa shape index (κ2) is 13.5. The lowest BCUT2D eigenvalue weighted by Gasteiger charge is -2.30. The van der Waals surface area contributed by atoms with Gasteiger partial charge in [-0.15, -0.1) is 0 Å². The zero-order chi connectivity index (χ0) is 26.9. The Kier molecular flexibility index (Phi) is 11.3. The molecule has 36 heavy (non-hydrogen) atoms. The van der Waals surface area contributed by atoms with Crippen LogP contribution in [0, 0.1) is 0 Å². The number of carbonyl (C=O) groups is 2. The maximum Gasteiger partial charge on any atom is 0.308 e. The predicted octanol–water partition coefficient (Wildman–Crippen LogP) is 3.36. The third-order valence-electron chi connectivity index (χ3n) is 4.78. The third-order valence-corrected chi connectivity index (χ3v) is 8.16. The van der Waals surface area contributed by atoms with Crippen LogP contribution in [0.4, 0.5) is 5.82 Å². The smallest absolute Gasteiger partial charge is 0.308 e. The van der Waals surface area contributed by atoms with E-state index in [9.17, 15) is 14.2 Å². The van der Waals surface area contributed by atoms with E-state index in [1.165, 1.54) is 6.33 Å². The lowest BCUT2D eigenvalue weighted by molar-refractivity contribution is -0.147. The van der Waals surface area contributed by atoms with Gasteiger partial charge in [0.1, 0.15) is 18.2 Å². The number of carbonyl (C=O) groups excluding carboxylic acids is 2. The number of hydrogen-bond acceptors (Lipinski definition) is 11. The van der Waals surface area contributed by atoms with Crippen molar-refractivity contribution in [2.24, 2.45) is 0 Å². The molecule has 0 aliphatic carbocycles. The van der Waals surface area contributed by atoms with Crippen LogP contribution in [-0.4, -0.2) is 67.1 Å². The summed E-state index contributed by atoms with van der Waals surface area (Å²) in [6, 6.07) is 0. The molecule has 2 rings (SSSR count). The van der Waals surface area contributed by atoms with E-state index in [-0.39, 0.29) is 36.4 Å². The minimum Gasteiger partial charge on any atom is -0.463 e. The number of thioether (sulfide) groups is 1. The number of nitrogen functional groups attached to an aromatic ring is 1. The third kappa shape index (κ3) is 9.11. The standard InChI is InChI=1S/C22H37N6O6PS/c1-7-10-36-21(30)22(5,6)27-35(31,33-9-8-17(29)34-15(2)3)14-32-16(4)11-28-13-26-18-19(23)24-12-25-20(18)28/h12-13,15-16H,7-11,14H2,1-6H3,(H,27,31)(H2,23,24,25)/t16-,35+/m1/s1. The number of fused-ring (bicyclic) bond motifs is 1. The highest BCUT2D eigenvalue weighted by Gasteiger charge is 2.37. The Labute approximate surface area is 216 Å². The monoisotopic (exact) mass is 544 g/mol. The van der Waals surface area contributed by atoms with E-state index in [2.05, 4.69) is 20.0 Å². The van der Waals surface area contributed by atoms with Crippen LogP contribution in [0.1, 0.15) is 54.4 Å². The van der Waals surface area contributed by atoms with E-state index in [1.807, 2.05) is 6.92 Å². The lowest BCUT2D eigenvalue weighted by Crippen LogP contribution is -2.44. The normalized spacial score (nSPS) is 14.6. The highest BCUT2D eigenvalue weighted by atomic mass is 32.2. The fraction of sp³-hybridized carbons (Fsp3) is 0.682. The number of rotatable bonds is 15. The number of anilines is 1. The number of nitrogens with two attached hydrogens (primary N) is 1. The summed E-state index contributed by atoms with van der Waals surface area (Å²) in [5, 5.41) is 2.71. The van der Waals surface area contributed by atoms with Gasteiger partial charge >= 0.3 is 5.97 Å². The highest BCUT2D eigenvalue weighted by molar-refractivity contribution is 8.13. The zero-order valence-corrected chi connectivity index (χ0v) is 23.4. The largest absolute Gasteiger partial charge is 0.463 e. The second-order valence-electron chi connectivity index (χ2n) is 9.10. The van der Waals surface area contributed by atoms with Crippen LogP contribution in [0.3, 0.4) is 0 Å². The first-order chi connectivity index (χ1) is 16.9. The summed E-state index contributed by atoms with van der Waals surface area (Å²) in [6.07, 6.45) is 2.69. The van der Waals surface area contributed by atoms with E-state index in [1.54, 1.807) is 45.5 Å². The number of nitrogens with zero attached hydrogens (tertiary/aromatic N) is 4. The Balaban J connectivity index is 2.08. The van der Waals surface area contributed by atoms with Crippen LogP contribution in [-0.2, 0) is 34.7 Å². The molecule has 0 amide bonds. The summed E-state index contributed by atoms with van der Waals surface area (Å²) < 4.78 is 32.1. The Hall–Kier alpha value is -2.05. The van der Waals surface area contributed by atoms with Crippen molar-refractivity contribution in [3.05, 3.63) is 12.7 Å². The number of hydrogen-bond donors (Lipinski definition) is 2. The van der Waals surface area contributed by atoms with Crippen molar-refractivity contribution in [2.45, 2.75) is 78.7 Å². The van der Waals surface area contributed by atoms with Crippen molar-refractivity contribution in [3.8, 4) is 0 Å². The molecule has 0 bridgehead atoms. The summed E-state index contributed by atoms with van der Waals surface area (Å²) >= 11 is 1.16. The predicted molar refractivity (Wildman–Crippen MR) is 140 cm³/mol. The van der Waals surface area contributed by atoms with Gasteiger partial charge in [0, 0.05) is 5.75 Å². The van der Waals surface area contributed by atoms with Crippen LogP contribution in [0.5, 0.6) is 0 Å². The molecule has 0 saturated carbocycles. The molecule has 2 heterocycles. The first-order valence-electron chi connectivity index (χ1n) is 11.8. The zero-order valence-electron chi connectivity index (χ0n) is 21.7. The average molecular weight is 545 g/mol. The topological polar surface area (TPSA) is 161 Å². The number of nitrogens with one attached hydrogen (secondary N) is 1. The van der Waals surface area contributed by atoms with E-state index >= 15 is 0 Å². The molecule has 0 saturated heterocycles. The number of esters is 1. The molecule has 3 N–H and O–H groups in total. The Morgan fingerprint density at radius 1 is 1.25 bits per heavy atom. The maximum atomic E-state index is 13.7. The number of ether oxygens (including phenoxy) is 2. The fourth-order valence-electron chi connectivity index (χ4n) is 3.13. The summed E-state index contributed by atoms with van der Waals surface area (Å²) in [5.74, 6) is 0.461. The van der Waals surface area contributed by atoms with Gasteiger partial charge in [0.05, 0.1) is 43.6 Å². The Morgan fingerprint density at radius 2 is 1.97 bits per heavy atom. The van der Waals surface area contributed by atoms with Gasteiger partial charge in [-0.05, 0) is 41.0 Å². The van der Waals surface area contributed by atoms with Gasteiger partial charge in [-0.1, -0.05) is 18.7 Å². The van der Waals surface area contributed by atoms with Crippen LogP contribution < -0.4 is 10.8 Å². The molecule has 0 radical (unpaired) electrons. The molecule has 2 aromatic rings. The van der Waals surface area contributed by atoms with Crippen molar-refractivity contribution in [1.29, 1.82) is 0 Å². The molecule has 0 aliphatic heterocycles. The van der Waals surface area contributed by atoms with Crippen molar-refractivity contribution < 1.29 is 28.2 Å². The van der Waals surface area contributed by atoms with Crippen molar-refractivity contribution in [3.63, 3.8) is 0 Å². The average Bonchev–Trinajstić information content (AvgIpc) is 3.19. The summed E-state index contributed by atoms with van der Waals surface area (Å²) in [6.45, 7) is 10.7. The van der Waals surface area contributed by atoms with Gasteiger partial charge < -0.3 is 24.3 Å². The van der Waals surface area contributed by atoms with Gasteiger partial charge in [0.15, 0.2) is 11.5 Å². The summed E-state index contributed by atoms with van der Waals surface area (Å²) in [5.41, 5.74) is 5.74. The van der Waals surface area contributed by atoms with Crippen LogP contribution in [0.25, 0.3) is 11.2 Å². The molecule has 0 unspecified atom stereocenters. The minimum absolute atomic E-state index is 0.0828. The van der Waals surface area contributed by atoms with Crippen molar-refractivity contribution >= 4 is 47.3 Å². The quantitative estimate of drug-likeness (QED) is 0.249. The molecule has 2 atom stereocenters. The first kappa shape index (κ1) is 30.2. The molecule has 202 valence electrons. The molecule has 2 aromatic heterocycles. The van der Waals surface area contributed by atoms with Gasteiger partial charge in [-0.3, -0.25) is 14.2 Å². The SMILES string of the molecule is CCCSC(=O)C(C)(C)N[P@](=O)(CO[C@H](C)Cn1cnc2c(N)ncnc21)OCCC(=O)OC(C)C. The van der Waals surface area contributed by atoms with Crippen molar-refractivity contribution in [1.82, 2.24) is 24.6 Å². The molecule has 0 aliphatic rings. The van der Waals surface area contributed by atoms with Gasteiger partial charge in [0.2, 0.25) is 5.12 Å². The van der Waals surface area contributed by atoms with Gasteiger partial charge in [-0.2, -0.15) is 0 Å². The van der Waals surface area contributed by atoms with E-state index in [4.69, 9.17) is 19.7 Å². The molecular weight excluding hydrogens is 507 g/mol. The van der Waals surface area contributed by atoms with Gasteiger partial charge in [-0.25, -0.2) is 20.0 Å². The molecule has 12 nitrogen and oxygen atoms in total. The fourth-order valence-corrected chi connectivity index (χ4v) is 6.01. The van der Waals surface area contributed by atoms with Crippen LogP contribution in [0.15, 0.2) is 12.7 Å². The minimum atomic E-state index is -3.70. The van der Waals surface area contributed by atoms with Crippen LogP contribution in [0.2, 0.25) is 0 Å². The van der Waals surface area contributed by atoms with Crippen molar-refractivity contribution in [2.75, 3.05) is 24.4 Å². The van der Waals surface area contributed by atoms with Crippen LogP contribution >= 0.6 is 19.3 Å². The molecule has 0 spiro atoms. The summed E-state index contributed by atoms with van der Waals surface area (Å²) in [7, 11) is -3.70. The molecule has 0 fully saturated rings. The van der Waals surface area contributed by atoms with Gasteiger partial charge in [0.25, 0.3) is 7.52 Å².